The van der Waals surface area contributed by atoms with Gasteiger partial charge in [-0.05, 0) is 29.8 Å². The Bertz CT molecular complexity index is 652. The molecule has 0 radical (unpaired) electrons. The Morgan fingerprint density at radius 1 is 1.08 bits per heavy atom. The normalized spacial score (nSPS) is 16.4. The molecule has 24 heavy (non-hydrogen) atoms. The number of methoxy groups -OCH3 is 1. The third kappa shape index (κ3) is 3.93. The van der Waals surface area contributed by atoms with Gasteiger partial charge in [-0.3, -0.25) is 9.69 Å². The second kappa shape index (κ2) is 7.95. The molecule has 1 aliphatic heterocycles. The Labute approximate surface area is 142 Å². The minimum atomic E-state index is -0.322. The van der Waals surface area contributed by atoms with Gasteiger partial charge < -0.3 is 14.8 Å². The van der Waals surface area contributed by atoms with Crippen molar-refractivity contribution in [3.05, 3.63) is 60.2 Å². The first-order chi connectivity index (χ1) is 11.8. The summed E-state index contributed by atoms with van der Waals surface area (Å²) in [5.74, 6) is 0.731. The maximum absolute atomic E-state index is 12.9. The molecule has 1 heterocycles. The molecular weight excluding hydrogens is 304 g/mol. The predicted molar refractivity (Wildman–Crippen MR) is 93.2 cm³/mol. The Kier molecular flexibility index (Phi) is 5.46. The number of benzene rings is 2. The number of carbonyl (C=O) groups is 1. The minimum absolute atomic E-state index is 0.0340. The van der Waals surface area contributed by atoms with E-state index in [4.69, 9.17) is 9.47 Å². The van der Waals surface area contributed by atoms with Gasteiger partial charge in [-0.2, -0.15) is 0 Å². The maximum Gasteiger partial charge on any atom is 0.246 e. The van der Waals surface area contributed by atoms with Gasteiger partial charge >= 0.3 is 0 Å². The van der Waals surface area contributed by atoms with Crippen LogP contribution in [0.3, 0.4) is 0 Å². The van der Waals surface area contributed by atoms with Crippen LogP contribution in [-0.4, -0.2) is 44.2 Å². The Morgan fingerprint density at radius 3 is 2.38 bits per heavy atom. The van der Waals surface area contributed by atoms with E-state index >= 15 is 0 Å². The van der Waals surface area contributed by atoms with E-state index in [2.05, 4.69) is 10.2 Å². The second-order valence-corrected chi connectivity index (χ2v) is 5.68. The number of morpholine rings is 1. The summed E-state index contributed by atoms with van der Waals surface area (Å²) in [6.45, 7) is 2.80. The zero-order valence-corrected chi connectivity index (χ0v) is 13.8. The fourth-order valence-corrected chi connectivity index (χ4v) is 2.88. The quantitative estimate of drug-likeness (QED) is 0.918. The first kappa shape index (κ1) is 16.5. The van der Waals surface area contributed by atoms with E-state index in [1.54, 1.807) is 7.11 Å². The number of nitrogens with one attached hydrogen (secondary N) is 1. The van der Waals surface area contributed by atoms with Gasteiger partial charge in [0.2, 0.25) is 5.91 Å². The van der Waals surface area contributed by atoms with E-state index in [1.165, 1.54) is 0 Å². The van der Waals surface area contributed by atoms with Crippen LogP contribution in [-0.2, 0) is 9.53 Å². The number of nitrogens with zero attached hydrogens (tertiary/aromatic N) is 1. The molecule has 5 heteroatoms. The Hall–Kier alpha value is -2.37. The van der Waals surface area contributed by atoms with Crippen molar-refractivity contribution in [1.29, 1.82) is 0 Å². The van der Waals surface area contributed by atoms with Crippen LogP contribution in [0.5, 0.6) is 5.75 Å². The third-order valence-electron chi connectivity index (χ3n) is 4.13. The molecule has 1 atom stereocenters. The number of carbonyl (C=O) groups excluding carboxylic acids is 1. The SMILES string of the molecule is COc1ccc(NC(=O)C(c2ccccc2)N2CCOCC2)cc1. The topological polar surface area (TPSA) is 50.8 Å². The number of rotatable bonds is 5. The lowest BCUT2D eigenvalue weighted by atomic mass is 10.0. The first-order valence-electron chi connectivity index (χ1n) is 8.09. The van der Waals surface area contributed by atoms with Crippen LogP contribution in [0.15, 0.2) is 54.6 Å². The number of hydrogen-bond donors (Lipinski definition) is 1. The van der Waals surface area contributed by atoms with Crippen molar-refractivity contribution < 1.29 is 14.3 Å². The highest BCUT2D eigenvalue weighted by Crippen LogP contribution is 2.24. The van der Waals surface area contributed by atoms with E-state index in [9.17, 15) is 4.79 Å². The summed E-state index contributed by atoms with van der Waals surface area (Å²) in [4.78, 5) is 15.1. The van der Waals surface area contributed by atoms with Crippen LogP contribution in [0.1, 0.15) is 11.6 Å². The Morgan fingerprint density at radius 2 is 1.75 bits per heavy atom. The van der Waals surface area contributed by atoms with E-state index in [1.807, 2.05) is 54.6 Å². The summed E-state index contributed by atoms with van der Waals surface area (Å²) in [5.41, 5.74) is 1.75. The molecular formula is C19H22N2O3. The van der Waals surface area contributed by atoms with Crippen LogP contribution in [0.25, 0.3) is 0 Å². The zero-order chi connectivity index (χ0) is 16.8. The molecule has 1 N–H and O–H groups in total. The summed E-state index contributed by atoms with van der Waals surface area (Å²) >= 11 is 0. The largest absolute Gasteiger partial charge is 0.497 e. The molecule has 126 valence electrons. The van der Waals surface area contributed by atoms with Crippen molar-refractivity contribution in [2.45, 2.75) is 6.04 Å². The minimum Gasteiger partial charge on any atom is -0.497 e. The first-order valence-corrected chi connectivity index (χ1v) is 8.09. The highest BCUT2D eigenvalue weighted by molar-refractivity contribution is 5.95. The van der Waals surface area contributed by atoms with Crippen LogP contribution >= 0.6 is 0 Å². The molecule has 3 rings (SSSR count). The predicted octanol–water partition coefficient (Wildman–Crippen LogP) is 2.71. The monoisotopic (exact) mass is 326 g/mol. The van der Waals surface area contributed by atoms with Gasteiger partial charge in [0.1, 0.15) is 11.8 Å². The fourth-order valence-electron chi connectivity index (χ4n) is 2.88. The molecule has 0 spiro atoms. The average molecular weight is 326 g/mol. The Balaban J connectivity index is 1.79. The second-order valence-electron chi connectivity index (χ2n) is 5.68. The number of hydrogen-bond acceptors (Lipinski definition) is 4. The molecule has 1 unspecified atom stereocenters. The van der Waals surface area contributed by atoms with Crippen molar-refractivity contribution in [1.82, 2.24) is 4.90 Å². The van der Waals surface area contributed by atoms with Gasteiger partial charge in [0.15, 0.2) is 0 Å². The molecule has 0 bridgehead atoms. The number of anilines is 1. The van der Waals surface area contributed by atoms with Gasteiger partial charge in [-0.15, -0.1) is 0 Å². The summed E-state index contributed by atoms with van der Waals surface area (Å²) in [6, 6.07) is 16.9. The van der Waals surface area contributed by atoms with Crippen LogP contribution in [0.4, 0.5) is 5.69 Å². The smallest absolute Gasteiger partial charge is 0.246 e. The molecule has 1 amide bonds. The molecule has 1 aliphatic rings. The van der Waals surface area contributed by atoms with E-state index in [-0.39, 0.29) is 11.9 Å². The van der Waals surface area contributed by atoms with Gasteiger partial charge in [0, 0.05) is 18.8 Å². The van der Waals surface area contributed by atoms with Crippen molar-refractivity contribution in [2.75, 3.05) is 38.7 Å². The summed E-state index contributed by atoms with van der Waals surface area (Å²) < 4.78 is 10.6. The van der Waals surface area contributed by atoms with Gasteiger partial charge in [0.05, 0.1) is 20.3 Å². The standard InChI is InChI=1S/C19H22N2O3/c1-23-17-9-7-16(8-10-17)20-19(22)18(15-5-3-2-4-6-15)21-11-13-24-14-12-21/h2-10,18H,11-14H2,1H3,(H,20,22). The number of amides is 1. The number of ether oxygens (including phenoxy) is 2. The van der Waals surface area contributed by atoms with Gasteiger partial charge in [-0.25, -0.2) is 0 Å². The summed E-state index contributed by atoms with van der Waals surface area (Å²) in [7, 11) is 1.62. The van der Waals surface area contributed by atoms with Crippen LogP contribution in [0, 0.1) is 0 Å². The lowest BCUT2D eigenvalue weighted by Gasteiger charge is -2.33. The van der Waals surface area contributed by atoms with E-state index < -0.39 is 0 Å². The molecule has 5 nitrogen and oxygen atoms in total. The van der Waals surface area contributed by atoms with Crippen molar-refractivity contribution in [2.24, 2.45) is 0 Å². The molecule has 2 aromatic carbocycles. The summed E-state index contributed by atoms with van der Waals surface area (Å²) in [6.07, 6.45) is 0. The van der Waals surface area contributed by atoms with Crippen molar-refractivity contribution >= 4 is 11.6 Å². The highest BCUT2D eigenvalue weighted by atomic mass is 16.5. The molecule has 1 saturated heterocycles. The van der Waals surface area contributed by atoms with E-state index in [0.717, 1.165) is 30.1 Å². The fraction of sp³-hybridized carbons (Fsp3) is 0.316. The third-order valence-corrected chi connectivity index (χ3v) is 4.13. The lowest BCUT2D eigenvalue weighted by Crippen LogP contribution is -2.43. The van der Waals surface area contributed by atoms with Crippen LogP contribution in [0.2, 0.25) is 0 Å². The van der Waals surface area contributed by atoms with Crippen molar-refractivity contribution in [3.8, 4) is 5.75 Å². The lowest BCUT2D eigenvalue weighted by molar-refractivity contribution is -0.123. The van der Waals surface area contributed by atoms with Gasteiger partial charge in [0.25, 0.3) is 0 Å². The average Bonchev–Trinajstić information content (AvgIpc) is 2.64. The summed E-state index contributed by atoms with van der Waals surface area (Å²) in [5, 5.41) is 3.01. The molecule has 2 aromatic rings. The van der Waals surface area contributed by atoms with E-state index in [0.29, 0.717) is 13.2 Å². The molecule has 0 aromatic heterocycles. The maximum atomic E-state index is 12.9. The van der Waals surface area contributed by atoms with Crippen molar-refractivity contribution in [3.63, 3.8) is 0 Å². The van der Waals surface area contributed by atoms with Gasteiger partial charge in [-0.1, -0.05) is 30.3 Å². The van der Waals surface area contributed by atoms with Crippen LogP contribution < -0.4 is 10.1 Å². The zero-order valence-electron chi connectivity index (χ0n) is 13.8. The highest BCUT2D eigenvalue weighted by Gasteiger charge is 2.28. The molecule has 0 saturated carbocycles. The molecule has 0 aliphatic carbocycles. The molecule has 1 fully saturated rings.